The number of ether oxygens (including phenoxy) is 2. The van der Waals surface area contributed by atoms with Gasteiger partial charge < -0.3 is 14.8 Å². The minimum atomic E-state index is -4.83. The van der Waals surface area contributed by atoms with Crippen LogP contribution in [0.15, 0.2) is 29.0 Å². The zero-order valence-corrected chi connectivity index (χ0v) is 19.1. The van der Waals surface area contributed by atoms with Crippen LogP contribution in [-0.2, 0) is 9.53 Å². The van der Waals surface area contributed by atoms with Gasteiger partial charge in [-0.3, -0.25) is 4.79 Å². The Morgan fingerprint density at radius 2 is 1.97 bits per heavy atom. The van der Waals surface area contributed by atoms with Crippen molar-refractivity contribution in [2.75, 3.05) is 12.4 Å². The first-order valence-corrected chi connectivity index (χ1v) is 10.3. The van der Waals surface area contributed by atoms with Crippen molar-refractivity contribution in [2.45, 2.75) is 44.6 Å². The van der Waals surface area contributed by atoms with E-state index in [1.54, 1.807) is 6.92 Å². The average Bonchev–Trinajstić information content (AvgIpc) is 2.99. The van der Waals surface area contributed by atoms with Gasteiger partial charge in [-0.05, 0) is 47.5 Å². The van der Waals surface area contributed by atoms with Crippen molar-refractivity contribution < 1.29 is 36.2 Å². The largest absolute Gasteiger partial charge is 0.493 e. The predicted molar refractivity (Wildman–Crippen MR) is 109 cm³/mol. The van der Waals surface area contributed by atoms with Crippen LogP contribution in [0.2, 0.25) is 0 Å². The molecule has 0 saturated carbocycles. The number of aryl methyl sites for hydroxylation is 1. The lowest BCUT2D eigenvalue weighted by Crippen LogP contribution is -2.47. The molecule has 1 saturated heterocycles. The van der Waals surface area contributed by atoms with Gasteiger partial charge >= 0.3 is 6.18 Å². The molecule has 2 heterocycles. The highest BCUT2D eigenvalue weighted by molar-refractivity contribution is 9.10. The number of pyridine rings is 1. The van der Waals surface area contributed by atoms with E-state index in [4.69, 9.17) is 9.47 Å². The van der Waals surface area contributed by atoms with Gasteiger partial charge in [-0.25, -0.2) is 9.37 Å². The van der Waals surface area contributed by atoms with Gasteiger partial charge in [-0.1, -0.05) is 13.0 Å². The van der Waals surface area contributed by atoms with Crippen molar-refractivity contribution in [3.8, 4) is 5.75 Å². The number of benzene rings is 1. The van der Waals surface area contributed by atoms with Gasteiger partial charge in [0.2, 0.25) is 5.82 Å². The average molecular weight is 523 g/mol. The zero-order chi connectivity index (χ0) is 24.0. The molecular formula is C21H20BrF5N2O3. The first kappa shape index (κ1) is 24.4. The number of aromatic nitrogens is 1. The lowest BCUT2D eigenvalue weighted by Gasteiger charge is -2.32. The summed E-state index contributed by atoms with van der Waals surface area (Å²) in [6, 6.07) is 3.38. The van der Waals surface area contributed by atoms with E-state index in [9.17, 15) is 26.7 Å². The maximum atomic E-state index is 14.4. The molecular weight excluding hydrogens is 503 g/mol. The number of alkyl halides is 3. The first-order valence-electron chi connectivity index (χ1n) is 9.51. The number of anilines is 1. The van der Waals surface area contributed by atoms with Crippen LogP contribution in [0.4, 0.5) is 27.6 Å². The summed E-state index contributed by atoms with van der Waals surface area (Å²) >= 11 is 3.17. The van der Waals surface area contributed by atoms with E-state index in [0.717, 1.165) is 26.2 Å². The molecule has 1 N–H and O–H groups in total. The molecule has 1 aliphatic heterocycles. The lowest BCUT2D eigenvalue weighted by molar-refractivity contribution is -0.272. The molecule has 4 atom stereocenters. The highest BCUT2D eigenvalue weighted by Gasteiger charge is 2.65. The number of halogens is 6. The van der Waals surface area contributed by atoms with E-state index >= 15 is 0 Å². The van der Waals surface area contributed by atoms with Crippen LogP contribution in [-0.4, -0.2) is 35.9 Å². The van der Waals surface area contributed by atoms with Gasteiger partial charge in [0.05, 0.1) is 7.11 Å². The normalized spacial score (nSPS) is 25.6. The summed E-state index contributed by atoms with van der Waals surface area (Å²) in [5.74, 6) is -6.64. The number of hydrogen-bond donors (Lipinski definition) is 1. The minimum Gasteiger partial charge on any atom is -0.493 e. The molecule has 0 unspecified atom stereocenters. The number of rotatable bonds is 4. The van der Waals surface area contributed by atoms with E-state index in [-0.39, 0.29) is 5.56 Å². The number of carbonyl (C=O) groups excluding carboxylic acids is 1. The summed E-state index contributed by atoms with van der Waals surface area (Å²) in [6.45, 7) is 3.74. The Morgan fingerprint density at radius 1 is 1.31 bits per heavy atom. The molecule has 32 heavy (non-hydrogen) atoms. The molecule has 1 aromatic heterocycles. The summed E-state index contributed by atoms with van der Waals surface area (Å²) in [7, 11) is 1.07. The minimum absolute atomic E-state index is 0.0975. The lowest BCUT2D eigenvalue weighted by atomic mass is 9.77. The van der Waals surface area contributed by atoms with Crippen molar-refractivity contribution in [3.63, 3.8) is 0 Å². The smallest absolute Gasteiger partial charge is 0.417 e. The molecule has 2 aromatic rings. The summed E-state index contributed by atoms with van der Waals surface area (Å²) in [5.41, 5.74) is -1.94. The fraction of sp³-hybridized carbons (Fsp3) is 0.429. The molecule has 0 radical (unpaired) electrons. The first-order chi connectivity index (χ1) is 14.8. The van der Waals surface area contributed by atoms with Crippen LogP contribution in [0.1, 0.15) is 30.9 Å². The SMILES string of the molecule is COc1c([C@H]2[C@H](C(=O)Nc3cc(Br)ncc3C)O[C@@](C)(C(F)(F)F)[C@H]2C)ccc(F)c1F. The van der Waals surface area contributed by atoms with Gasteiger partial charge in [0.25, 0.3) is 5.91 Å². The second-order valence-electron chi connectivity index (χ2n) is 7.75. The molecule has 0 spiro atoms. The van der Waals surface area contributed by atoms with Crippen LogP contribution in [0.25, 0.3) is 0 Å². The van der Waals surface area contributed by atoms with Crippen molar-refractivity contribution >= 4 is 27.5 Å². The van der Waals surface area contributed by atoms with E-state index in [1.807, 2.05) is 0 Å². The topological polar surface area (TPSA) is 60.5 Å². The fourth-order valence-corrected chi connectivity index (χ4v) is 4.21. The maximum Gasteiger partial charge on any atom is 0.417 e. The van der Waals surface area contributed by atoms with Gasteiger partial charge in [0, 0.05) is 29.3 Å². The zero-order valence-electron chi connectivity index (χ0n) is 17.5. The number of nitrogens with zero attached hydrogens (tertiary/aromatic N) is 1. The molecule has 11 heteroatoms. The third-order valence-corrected chi connectivity index (χ3v) is 6.33. The maximum absolute atomic E-state index is 14.4. The molecule has 1 aliphatic rings. The second-order valence-corrected chi connectivity index (χ2v) is 8.57. The van der Waals surface area contributed by atoms with Gasteiger partial charge in [0.1, 0.15) is 10.7 Å². The number of nitrogens with one attached hydrogen (secondary N) is 1. The van der Waals surface area contributed by atoms with Crippen molar-refractivity contribution in [3.05, 3.63) is 51.8 Å². The van der Waals surface area contributed by atoms with Crippen LogP contribution in [0.3, 0.4) is 0 Å². The van der Waals surface area contributed by atoms with Crippen molar-refractivity contribution in [1.82, 2.24) is 4.98 Å². The monoisotopic (exact) mass is 522 g/mol. The number of methoxy groups -OCH3 is 1. The Morgan fingerprint density at radius 3 is 2.56 bits per heavy atom. The van der Waals surface area contributed by atoms with Gasteiger partial charge in [0.15, 0.2) is 17.2 Å². The number of hydrogen-bond acceptors (Lipinski definition) is 4. The van der Waals surface area contributed by atoms with Gasteiger partial charge in [-0.2, -0.15) is 17.6 Å². The molecule has 5 nitrogen and oxygen atoms in total. The number of carbonyl (C=O) groups is 1. The van der Waals surface area contributed by atoms with Crippen LogP contribution >= 0.6 is 15.9 Å². The highest BCUT2D eigenvalue weighted by Crippen LogP contribution is 2.55. The Hall–Kier alpha value is -2.27. The Balaban J connectivity index is 2.11. The molecule has 3 rings (SSSR count). The van der Waals surface area contributed by atoms with E-state index in [2.05, 4.69) is 26.2 Å². The Labute approximate surface area is 189 Å². The molecule has 1 aromatic carbocycles. The summed E-state index contributed by atoms with van der Waals surface area (Å²) in [5, 5.41) is 2.56. The third-order valence-electron chi connectivity index (χ3n) is 5.90. The van der Waals surface area contributed by atoms with Crippen LogP contribution < -0.4 is 10.1 Å². The third kappa shape index (κ3) is 4.07. The van der Waals surface area contributed by atoms with Gasteiger partial charge in [-0.15, -0.1) is 0 Å². The fourth-order valence-electron chi connectivity index (χ4n) is 3.88. The van der Waals surface area contributed by atoms with Crippen LogP contribution in [0, 0.1) is 24.5 Å². The summed E-state index contributed by atoms with van der Waals surface area (Å²) < 4.78 is 80.7. The summed E-state index contributed by atoms with van der Waals surface area (Å²) in [4.78, 5) is 17.1. The Bertz CT molecular complexity index is 1050. The molecule has 0 aliphatic carbocycles. The molecule has 1 amide bonds. The van der Waals surface area contributed by atoms with Crippen molar-refractivity contribution in [2.24, 2.45) is 5.92 Å². The highest BCUT2D eigenvalue weighted by atomic mass is 79.9. The van der Waals surface area contributed by atoms with Crippen molar-refractivity contribution in [1.29, 1.82) is 0 Å². The van der Waals surface area contributed by atoms with E-state index in [1.165, 1.54) is 19.2 Å². The summed E-state index contributed by atoms with van der Waals surface area (Å²) in [6.07, 6.45) is -5.03. The van der Waals surface area contributed by atoms with E-state index in [0.29, 0.717) is 15.9 Å². The predicted octanol–water partition coefficient (Wildman–Crippen LogP) is 5.52. The second kappa shape index (κ2) is 8.58. The Kier molecular flexibility index (Phi) is 6.54. The van der Waals surface area contributed by atoms with E-state index < -0.39 is 53.0 Å². The standard InChI is InChI=1S/C21H20BrF5N2O3/c1-9-8-28-14(22)7-13(9)29-19(30)18-15(10(2)20(3,32-18)21(25,26)27)11-5-6-12(23)16(24)17(11)31-4/h5-8,10,15,18H,1-4H3,(H,28,29,30)/t10-,15-,18+,20+/m0/s1. The molecule has 174 valence electrons. The van der Waals surface area contributed by atoms with Crippen LogP contribution in [0.5, 0.6) is 5.75 Å². The molecule has 0 bridgehead atoms. The quantitative estimate of drug-likeness (QED) is 0.424. The number of amides is 1. The molecule has 1 fully saturated rings.